The molecule has 2 fully saturated rings. The maximum absolute atomic E-state index is 12.8. The quantitative estimate of drug-likeness (QED) is 0.813. The second kappa shape index (κ2) is 8.34. The first kappa shape index (κ1) is 19.0. The summed E-state index contributed by atoms with van der Waals surface area (Å²) in [5.41, 5.74) is 1.06. The van der Waals surface area contributed by atoms with Gasteiger partial charge in [-0.15, -0.1) is 0 Å². The molecule has 0 aromatic heterocycles. The summed E-state index contributed by atoms with van der Waals surface area (Å²) in [6.45, 7) is 5.44. The molecule has 2 aliphatic rings. The smallest absolute Gasteiger partial charge is 0.226 e. The Kier molecular flexibility index (Phi) is 5.65. The van der Waals surface area contributed by atoms with E-state index >= 15 is 0 Å². The molecule has 4 rings (SSSR count). The molecule has 0 N–H and O–H groups in total. The van der Waals surface area contributed by atoms with Crippen molar-refractivity contribution in [3.8, 4) is 0 Å². The number of nitrogens with zero attached hydrogens (tertiary/aromatic N) is 2. The van der Waals surface area contributed by atoms with Gasteiger partial charge in [-0.25, -0.2) is 0 Å². The average molecular weight is 379 g/mol. The normalized spacial score (nSPS) is 21.1. The van der Waals surface area contributed by atoms with Crippen LogP contribution in [0.5, 0.6) is 0 Å². The third-order valence-corrected chi connectivity index (χ3v) is 6.33. The molecule has 1 atom stereocenters. The minimum Gasteiger partial charge on any atom is -0.342 e. The summed E-state index contributed by atoms with van der Waals surface area (Å²) in [6, 6.07) is 14.5. The monoisotopic (exact) mass is 378 g/mol. The summed E-state index contributed by atoms with van der Waals surface area (Å²) in [5, 5.41) is 2.37. The zero-order valence-electron chi connectivity index (χ0n) is 16.8. The van der Waals surface area contributed by atoms with Crippen LogP contribution in [-0.4, -0.2) is 47.8 Å². The Balaban J connectivity index is 1.31. The van der Waals surface area contributed by atoms with E-state index in [2.05, 4.69) is 36.1 Å². The van der Waals surface area contributed by atoms with E-state index in [9.17, 15) is 9.59 Å². The fourth-order valence-electron chi connectivity index (χ4n) is 4.66. The van der Waals surface area contributed by atoms with Gasteiger partial charge >= 0.3 is 0 Å². The zero-order valence-corrected chi connectivity index (χ0v) is 16.8. The van der Waals surface area contributed by atoms with Gasteiger partial charge in [0.15, 0.2) is 0 Å². The molecule has 0 radical (unpaired) electrons. The van der Waals surface area contributed by atoms with Gasteiger partial charge in [0.25, 0.3) is 0 Å². The Bertz CT molecular complexity index is 855. The van der Waals surface area contributed by atoms with E-state index in [1.54, 1.807) is 0 Å². The van der Waals surface area contributed by atoms with Crippen LogP contribution >= 0.6 is 0 Å². The minimum absolute atomic E-state index is 0.0926. The highest BCUT2D eigenvalue weighted by atomic mass is 16.2. The molecule has 4 nitrogen and oxygen atoms in total. The molecule has 28 heavy (non-hydrogen) atoms. The van der Waals surface area contributed by atoms with Crippen molar-refractivity contribution in [1.82, 2.24) is 9.80 Å². The van der Waals surface area contributed by atoms with E-state index in [0.717, 1.165) is 37.9 Å². The molecular weight excluding hydrogens is 348 g/mol. The van der Waals surface area contributed by atoms with Crippen LogP contribution in [0.1, 0.15) is 38.2 Å². The predicted octanol–water partition coefficient (Wildman–Crippen LogP) is 3.88. The van der Waals surface area contributed by atoms with E-state index < -0.39 is 0 Å². The molecule has 2 amide bonds. The standard InChI is InChI=1S/C24H30N2O2/c1-18-5-4-12-26(17-18)24(28)21-10-13-25(14-11-21)23(27)16-19-8-9-20-6-2-3-7-22(20)15-19/h2-3,6-9,15,18,21H,4-5,10-14,16-17H2,1H3. The van der Waals surface area contributed by atoms with Gasteiger partial charge in [-0.2, -0.15) is 0 Å². The molecule has 2 aromatic rings. The summed E-state index contributed by atoms with van der Waals surface area (Å²) >= 11 is 0. The van der Waals surface area contributed by atoms with Crippen molar-refractivity contribution in [1.29, 1.82) is 0 Å². The first-order chi connectivity index (χ1) is 13.6. The van der Waals surface area contributed by atoms with Crippen molar-refractivity contribution in [2.75, 3.05) is 26.2 Å². The largest absolute Gasteiger partial charge is 0.342 e. The molecule has 2 aliphatic heterocycles. The van der Waals surface area contributed by atoms with E-state index in [1.807, 2.05) is 23.1 Å². The molecule has 148 valence electrons. The van der Waals surface area contributed by atoms with Crippen molar-refractivity contribution >= 4 is 22.6 Å². The maximum atomic E-state index is 12.8. The summed E-state index contributed by atoms with van der Waals surface area (Å²) < 4.78 is 0. The van der Waals surface area contributed by atoms with Crippen LogP contribution in [0.25, 0.3) is 10.8 Å². The maximum Gasteiger partial charge on any atom is 0.226 e. The van der Waals surface area contributed by atoms with Gasteiger partial charge in [-0.1, -0.05) is 49.4 Å². The Labute approximate surface area is 167 Å². The first-order valence-electron chi connectivity index (χ1n) is 10.6. The first-order valence-corrected chi connectivity index (χ1v) is 10.6. The highest BCUT2D eigenvalue weighted by Crippen LogP contribution is 2.24. The molecule has 2 saturated heterocycles. The number of rotatable bonds is 3. The Morgan fingerprint density at radius 1 is 0.929 bits per heavy atom. The van der Waals surface area contributed by atoms with Crippen molar-refractivity contribution in [2.24, 2.45) is 11.8 Å². The Morgan fingerprint density at radius 2 is 1.68 bits per heavy atom. The Morgan fingerprint density at radius 3 is 2.43 bits per heavy atom. The van der Waals surface area contributed by atoms with Gasteiger partial charge in [0.05, 0.1) is 6.42 Å². The SMILES string of the molecule is CC1CCCN(C(=O)C2CCN(C(=O)Cc3ccc4ccccc4c3)CC2)C1. The second-order valence-electron chi connectivity index (χ2n) is 8.54. The number of carbonyl (C=O) groups is 2. The lowest BCUT2D eigenvalue weighted by molar-refractivity contribution is -0.141. The van der Waals surface area contributed by atoms with Crippen LogP contribution in [0.4, 0.5) is 0 Å². The van der Waals surface area contributed by atoms with Crippen LogP contribution in [0, 0.1) is 11.8 Å². The van der Waals surface area contributed by atoms with E-state index in [0.29, 0.717) is 31.3 Å². The second-order valence-corrected chi connectivity index (χ2v) is 8.54. The lowest BCUT2D eigenvalue weighted by atomic mass is 9.92. The molecule has 4 heteroatoms. The van der Waals surface area contributed by atoms with Crippen molar-refractivity contribution in [3.05, 3.63) is 48.0 Å². The Hall–Kier alpha value is -2.36. The number of benzene rings is 2. The number of amides is 2. The number of likely N-dealkylation sites (tertiary alicyclic amines) is 2. The third kappa shape index (κ3) is 4.21. The van der Waals surface area contributed by atoms with E-state index in [-0.39, 0.29) is 11.8 Å². The van der Waals surface area contributed by atoms with Crippen LogP contribution in [0.3, 0.4) is 0 Å². The van der Waals surface area contributed by atoms with Gasteiger partial charge in [0.1, 0.15) is 0 Å². The van der Waals surface area contributed by atoms with Gasteiger partial charge < -0.3 is 9.80 Å². The van der Waals surface area contributed by atoms with Crippen molar-refractivity contribution in [3.63, 3.8) is 0 Å². The fourth-order valence-corrected chi connectivity index (χ4v) is 4.66. The van der Waals surface area contributed by atoms with Gasteiger partial charge in [0, 0.05) is 32.1 Å². The number of fused-ring (bicyclic) bond motifs is 1. The van der Waals surface area contributed by atoms with Crippen LogP contribution in [0.15, 0.2) is 42.5 Å². The number of carbonyl (C=O) groups excluding carboxylic acids is 2. The molecular formula is C24H30N2O2. The number of hydrogen-bond donors (Lipinski definition) is 0. The van der Waals surface area contributed by atoms with Crippen LogP contribution in [-0.2, 0) is 16.0 Å². The molecule has 0 bridgehead atoms. The van der Waals surface area contributed by atoms with Gasteiger partial charge in [0.2, 0.25) is 11.8 Å². The van der Waals surface area contributed by atoms with E-state index in [1.165, 1.54) is 17.2 Å². The van der Waals surface area contributed by atoms with E-state index in [4.69, 9.17) is 0 Å². The van der Waals surface area contributed by atoms with Gasteiger partial charge in [-0.3, -0.25) is 9.59 Å². The minimum atomic E-state index is 0.0926. The summed E-state index contributed by atoms with van der Waals surface area (Å²) in [4.78, 5) is 29.6. The average Bonchev–Trinajstić information content (AvgIpc) is 2.73. The lowest BCUT2D eigenvalue weighted by Crippen LogP contribution is -2.47. The molecule has 1 unspecified atom stereocenters. The summed E-state index contributed by atoms with van der Waals surface area (Å²) in [5.74, 6) is 1.19. The summed E-state index contributed by atoms with van der Waals surface area (Å²) in [7, 11) is 0. The predicted molar refractivity (Wildman–Crippen MR) is 112 cm³/mol. The van der Waals surface area contributed by atoms with Crippen molar-refractivity contribution in [2.45, 2.75) is 39.0 Å². The van der Waals surface area contributed by atoms with Crippen LogP contribution < -0.4 is 0 Å². The molecule has 2 heterocycles. The number of piperidine rings is 2. The van der Waals surface area contributed by atoms with Crippen molar-refractivity contribution < 1.29 is 9.59 Å². The molecule has 2 aromatic carbocycles. The fraction of sp³-hybridized carbons (Fsp3) is 0.500. The third-order valence-electron chi connectivity index (χ3n) is 6.33. The lowest BCUT2D eigenvalue weighted by Gasteiger charge is -2.37. The topological polar surface area (TPSA) is 40.6 Å². The highest BCUT2D eigenvalue weighted by molar-refractivity contribution is 5.85. The molecule has 0 saturated carbocycles. The zero-order chi connectivity index (χ0) is 19.5. The highest BCUT2D eigenvalue weighted by Gasteiger charge is 2.31. The van der Waals surface area contributed by atoms with Gasteiger partial charge in [-0.05, 0) is 47.9 Å². The molecule has 0 aliphatic carbocycles. The van der Waals surface area contributed by atoms with Crippen LogP contribution in [0.2, 0.25) is 0 Å². The number of hydrogen-bond acceptors (Lipinski definition) is 2. The molecule has 0 spiro atoms. The summed E-state index contributed by atoms with van der Waals surface area (Å²) in [6.07, 6.45) is 4.38.